The van der Waals surface area contributed by atoms with E-state index in [4.69, 9.17) is 9.26 Å². The maximum atomic E-state index is 11.3. The lowest BCUT2D eigenvalue weighted by atomic mass is 10.1. The smallest absolute Gasteiger partial charge is 0.315 e. The molecule has 0 spiro atoms. The number of carbonyl (C=O) groups is 1. The molecular formula is C14H16N2O3. The molecule has 5 heteroatoms. The zero-order valence-electron chi connectivity index (χ0n) is 10.8. The highest BCUT2D eigenvalue weighted by molar-refractivity contribution is 5.71. The summed E-state index contributed by atoms with van der Waals surface area (Å²) in [6.07, 6.45) is 1.57. The Hall–Kier alpha value is -2.17. The number of aryl methyl sites for hydroxylation is 2. The van der Waals surface area contributed by atoms with E-state index in [9.17, 15) is 4.79 Å². The van der Waals surface area contributed by atoms with Crippen LogP contribution in [-0.2, 0) is 28.8 Å². The molecule has 1 aromatic carbocycles. The summed E-state index contributed by atoms with van der Waals surface area (Å²) >= 11 is 0. The molecule has 0 aliphatic heterocycles. The van der Waals surface area contributed by atoms with Crippen molar-refractivity contribution in [3.63, 3.8) is 0 Å². The first kappa shape index (κ1) is 13.3. The van der Waals surface area contributed by atoms with Crippen LogP contribution in [0.4, 0.5) is 0 Å². The molecule has 2 aromatic rings. The van der Waals surface area contributed by atoms with E-state index in [1.54, 1.807) is 6.92 Å². The van der Waals surface area contributed by atoms with Crippen LogP contribution in [0, 0.1) is 0 Å². The van der Waals surface area contributed by atoms with Gasteiger partial charge >= 0.3 is 5.97 Å². The summed E-state index contributed by atoms with van der Waals surface area (Å²) in [6, 6.07) is 10.1. The third-order valence-electron chi connectivity index (χ3n) is 2.59. The Morgan fingerprint density at radius 1 is 1.26 bits per heavy atom. The van der Waals surface area contributed by atoms with E-state index in [2.05, 4.69) is 22.3 Å². The molecule has 1 aromatic heterocycles. The molecule has 1 heterocycles. The Labute approximate surface area is 111 Å². The van der Waals surface area contributed by atoms with Gasteiger partial charge in [-0.25, -0.2) is 0 Å². The molecule has 0 aliphatic rings. The predicted octanol–water partition coefficient (Wildman–Crippen LogP) is 1.96. The van der Waals surface area contributed by atoms with Crippen LogP contribution in [-0.4, -0.2) is 22.7 Å². The van der Waals surface area contributed by atoms with E-state index >= 15 is 0 Å². The monoisotopic (exact) mass is 260 g/mol. The molecule has 5 nitrogen and oxygen atoms in total. The van der Waals surface area contributed by atoms with Gasteiger partial charge < -0.3 is 9.26 Å². The molecule has 0 atom stereocenters. The Morgan fingerprint density at radius 3 is 2.79 bits per heavy atom. The molecule has 0 N–H and O–H groups in total. The second-order valence-electron chi connectivity index (χ2n) is 4.07. The molecule has 0 saturated carbocycles. The van der Waals surface area contributed by atoms with Crippen LogP contribution in [0.1, 0.15) is 24.2 Å². The van der Waals surface area contributed by atoms with E-state index in [1.807, 2.05) is 18.2 Å². The van der Waals surface area contributed by atoms with Crippen LogP contribution in [0.3, 0.4) is 0 Å². The van der Waals surface area contributed by atoms with Gasteiger partial charge in [0.15, 0.2) is 5.82 Å². The summed E-state index contributed by atoms with van der Waals surface area (Å²) < 4.78 is 9.83. The lowest BCUT2D eigenvalue weighted by molar-refractivity contribution is -0.142. The third kappa shape index (κ3) is 4.21. The van der Waals surface area contributed by atoms with Crippen molar-refractivity contribution in [2.24, 2.45) is 0 Å². The number of benzene rings is 1. The van der Waals surface area contributed by atoms with Crippen LogP contribution < -0.4 is 0 Å². The molecule has 19 heavy (non-hydrogen) atoms. The largest absolute Gasteiger partial charge is 0.466 e. The number of aromatic nitrogens is 2. The van der Waals surface area contributed by atoms with Crippen molar-refractivity contribution in [3.05, 3.63) is 47.6 Å². The van der Waals surface area contributed by atoms with Crippen molar-refractivity contribution in [1.29, 1.82) is 0 Å². The molecule has 0 saturated heterocycles. The molecular weight excluding hydrogens is 244 g/mol. The number of rotatable bonds is 6. The van der Waals surface area contributed by atoms with Gasteiger partial charge in [-0.3, -0.25) is 4.79 Å². The normalized spacial score (nSPS) is 10.4. The molecule has 0 aliphatic carbocycles. The lowest BCUT2D eigenvalue weighted by Gasteiger charge is -1.97. The van der Waals surface area contributed by atoms with Gasteiger partial charge in [-0.15, -0.1) is 0 Å². The fourth-order valence-electron chi connectivity index (χ4n) is 1.70. The minimum atomic E-state index is -0.347. The first-order chi connectivity index (χ1) is 9.28. The standard InChI is InChI=1S/C14H16N2O3/c1-2-18-14(17)10-13-15-12(16-19-13)9-8-11-6-4-3-5-7-11/h3-7H,2,8-10H2,1H3. The van der Waals surface area contributed by atoms with Crippen LogP contribution >= 0.6 is 0 Å². The third-order valence-corrected chi connectivity index (χ3v) is 2.59. The van der Waals surface area contributed by atoms with Crippen LogP contribution in [0.15, 0.2) is 34.9 Å². The minimum absolute atomic E-state index is 0.0339. The number of esters is 1. The Kier molecular flexibility index (Phi) is 4.66. The summed E-state index contributed by atoms with van der Waals surface area (Å²) in [4.78, 5) is 15.4. The SMILES string of the molecule is CCOC(=O)Cc1nc(CCc2ccccc2)no1. The molecule has 0 unspecified atom stereocenters. The van der Waals surface area contributed by atoms with Gasteiger partial charge in [0.2, 0.25) is 5.89 Å². The minimum Gasteiger partial charge on any atom is -0.466 e. The molecule has 0 amide bonds. The molecule has 0 fully saturated rings. The quantitative estimate of drug-likeness (QED) is 0.743. The highest BCUT2D eigenvalue weighted by atomic mass is 16.5. The average Bonchev–Trinajstić information content (AvgIpc) is 2.85. The van der Waals surface area contributed by atoms with Gasteiger partial charge in [0.25, 0.3) is 0 Å². The van der Waals surface area contributed by atoms with E-state index in [-0.39, 0.29) is 12.4 Å². The van der Waals surface area contributed by atoms with E-state index in [0.717, 1.165) is 6.42 Å². The topological polar surface area (TPSA) is 65.2 Å². The Morgan fingerprint density at radius 2 is 2.05 bits per heavy atom. The Bertz CT molecular complexity index is 522. The van der Waals surface area contributed by atoms with Gasteiger partial charge in [0.1, 0.15) is 6.42 Å². The number of ether oxygens (including phenoxy) is 1. The predicted molar refractivity (Wildman–Crippen MR) is 68.5 cm³/mol. The van der Waals surface area contributed by atoms with Crippen molar-refractivity contribution < 1.29 is 14.1 Å². The Balaban J connectivity index is 1.85. The summed E-state index contributed by atoms with van der Waals surface area (Å²) in [7, 11) is 0. The highest BCUT2D eigenvalue weighted by Crippen LogP contribution is 2.06. The second kappa shape index (κ2) is 6.68. The van der Waals surface area contributed by atoms with Crippen molar-refractivity contribution in [2.75, 3.05) is 6.61 Å². The van der Waals surface area contributed by atoms with E-state index in [0.29, 0.717) is 24.7 Å². The summed E-state index contributed by atoms with van der Waals surface area (Å²) in [6.45, 7) is 2.12. The average molecular weight is 260 g/mol. The highest BCUT2D eigenvalue weighted by Gasteiger charge is 2.11. The van der Waals surface area contributed by atoms with Crippen LogP contribution in [0.25, 0.3) is 0 Å². The van der Waals surface area contributed by atoms with Crippen molar-refractivity contribution in [1.82, 2.24) is 10.1 Å². The van der Waals surface area contributed by atoms with Crippen LogP contribution in [0.2, 0.25) is 0 Å². The summed E-state index contributed by atoms with van der Waals surface area (Å²) in [5.41, 5.74) is 1.22. The number of carbonyl (C=O) groups excluding carboxylic acids is 1. The van der Waals surface area contributed by atoms with Crippen molar-refractivity contribution in [2.45, 2.75) is 26.2 Å². The maximum absolute atomic E-state index is 11.3. The fraction of sp³-hybridized carbons (Fsp3) is 0.357. The van der Waals surface area contributed by atoms with E-state index in [1.165, 1.54) is 5.56 Å². The fourth-order valence-corrected chi connectivity index (χ4v) is 1.70. The number of hydrogen-bond donors (Lipinski definition) is 0. The molecule has 100 valence electrons. The van der Waals surface area contributed by atoms with Gasteiger partial charge in [0.05, 0.1) is 6.61 Å². The summed E-state index contributed by atoms with van der Waals surface area (Å²) in [5, 5.41) is 3.85. The molecule has 2 rings (SSSR count). The summed E-state index contributed by atoms with van der Waals surface area (Å²) in [5.74, 6) is 0.574. The number of nitrogens with zero attached hydrogens (tertiary/aromatic N) is 2. The zero-order valence-corrected chi connectivity index (χ0v) is 10.8. The first-order valence-corrected chi connectivity index (χ1v) is 6.29. The van der Waals surface area contributed by atoms with Gasteiger partial charge in [-0.05, 0) is 18.9 Å². The van der Waals surface area contributed by atoms with Crippen LogP contribution in [0.5, 0.6) is 0 Å². The number of hydrogen-bond acceptors (Lipinski definition) is 5. The maximum Gasteiger partial charge on any atom is 0.315 e. The van der Waals surface area contributed by atoms with E-state index < -0.39 is 0 Å². The van der Waals surface area contributed by atoms with Gasteiger partial charge in [0, 0.05) is 6.42 Å². The molecule has 0 bridgehead atoms. The van der Waals surface area contributed by atoms with Crippen molar-refractivity contribution in [3.8, 4) is 0 Å². The zero-order chi connectivity index (χ0) is 13.5. The lowest BCUT2D eigenvalue weighted by Crippen LogP contribution is -2.07. The van der Waals surface area contributed by atoms with Gasteiger partial charge in [-0.1, -0.05) is 35.5 Å². The second-order valence-corrected chi connectivity index (χ2v) is 4.07. The van der Waals surface area contributed by atoms with Gasteiger partial charge in [-0.2, -0.15) is 4.98 Å². The first-order valence-electron chi connectivity index (χ1n) is 6.29. The molecule has 0 radical (unpaired) electrons. The van der Waals surface area contributed by atoms with Crippen molar-refractivity contribution >= 4 is 5.97 Å².